The molecule has 1 N–H and O–H groups in total. The Balaban J connectivity index is 1.74. The molecule has 24 heavy (non-hydrogen) atoms. The first-order valence-electron chi connectivity index (χ1n) is 7.34. The molecule has 1 aromatic heterocycles. The summed E-state index contributed by atoms with van der Waals surface area (Å²) in [6.07, 6.45) is 0. The van der Waals surface area contributed by atoms with Crippen molar-refractivity contribution in [1.29, 1.82) is 0 Å². The number of anilines is 1. The van der Waals surface area contributed by atoms with Crippen LogP contribution >= 0.6 is 11.6 Å². The number of hydrogen-bond acceptors (Lipinski definition) is 4. The molecule has 5 nitrogen and oxygen atoms in total. The molecule has 6 heteroatoms. The van der Waals surface area contributed by atoms with Crippen molar-refractivity contribution in [1.82, 2.24) is 0 Å². The number of ether oxygens (including phenoxy) is 1. The maximum absolute atomic E-state index is 12.3. The van der Waals surface area contributed by atoms with Crippen molar-refractivity contribution >= 4 is 40.1 Å². The van der Waals surface area contributed by atoms with Gasteiger partial charge in [0.2, 0.25) is 0 Å². The quantitative estimate of drug-likeness (QED) is 0.707. The molecule has 0 aliphatic heterocycles. The van der Waals surface area contributed by atoms with E-state index in [1.807, 2.05) is 0 Å². The third-order valence-electron chi connectivity index (χ3n) is 3.36. The summed E-state index contributed by atoms with van der Waals surface area (Å²) < 4.78 is 10.4. The summed E-state index contributed by atoms with van der Waals surface area (Å²) in [4.78, 5) is 23.9. The zero-order valence-electron chi connectivity index (χ0n) is 12.8. The van der Waals surface area contributed by atoms with Crippen LogP contribution in [0.2, 0.25) is 5.02 Å². The largest absolute Gasteiger partial charge is 0.462 e. The van der Waals surface area contributed by atoms with Crippen LogP contribution in [0.3, 0.4) is 0 Å². The molecule has 122 valence electrons. The van der Waals surface area contributed by atoms with Crippen molar-refractivity contribution in [3.8, 4) is 0 Å². The number of benzene rings is 2. The normalized spacial score (nSPS) is 10.6. The van der Waals surface area contributed by atoms with E-state index in [0.29, 0.717) is 28.5 Å². The van der Waals surface area contributed by atoms with E-state index in [1.165, 1.54) is 0 Å². The Morgan fingerprint density at radius 3 is 2.58 bits per heavy atom. The standard InChI is InChI=1S/C18H14ClNO4/c1-2-23-18(22)11-3-6-14(7-4-11)20-17(21)16-10-12-9-13(19)5-8-15(12)24-16/h3-10H,2H2,1H3,(H,20,21). The van der Waals surface area contributed by atoms with Crippen LogP contribution in [0.15, 0.2) is 52.9 Å². The molecule has 0 aliphatic rings. The van der Waals surface area contributed by atoms with E-state index in [2.05, 4.69) is 5.32 Å². The van der Waals surface area contributed by atoms with Crippen LogP contribution < -0.4 is 5.32 Å². The number of hydrogen-bond donors (Lipinski definition) is 1. The lowest BCUT2D eigenvalue weighted by Crippen LogP contribution is -2.11. The van der Waals surface area contributed by atoms with Gasteiger partial charge in [-0.2, -0.15) is 0 Å². The van der Waals surface area contributed by atoms with Crippen molar-refractivity contribution in [2.45, 2.75) is 6.92 Å². The second-order valence-electron chi connectivity index (χ2n) is 5.04. The van der Waals surface area contributed by atoms with Gasteiger partial charge in [-0.15, -0.1) is 0 Å². The van der Waals surface area contributed by atoms with Gasteiger partial charge in [-0.1, -0.05) is 11.6 Å². The van der Waals surface area contributed by atoms with Crippen LogP contribution in [-0.2, 0) is 4.74 Å². The van der Waals surface area contributed by atoms with E-state index in [9.17, 15) is 9.59 Å². The summed E-state index contributed by atoms with van der Waals surface area (Å²) in [5.41, 5.74) is 1.56. The van der Waals surface area contributed by atoms with Gasteiger partial charge in [0.05, 0.1) is 12.2 Å². The number of furan rings is 1. The van der Waals surface area contributed by atoms with Crippen LogP contribution in [0.4, 0.5) is 5.69 Å². The van der Waals surface area contributed by atoms with Crippen LogP contribution in [0.25, 0.3) is 11.0 Å². The predicted octanol–water partition coefficient (Wildman–Crippen LogP) is 4.52. The zero-order valence-corrected chi connectivity index (χ0v) is 13.6. The monoisotopic (exact) mass is 343 g/mol. The van der Waals surface area contributed by atoms with Gasteiger partial charge in [-0.05, 0) is 55.5 Å². The Morgan fingerprint density at radius 2 is 1.88 bits per heavy atom. The molecule has 0 aliphatic carbocycles. The van der Waals surface area contributed by atoms with E-state index < -0.39 is 5.97 Å². The van der Waals surface area contributed by atoms with Crippen molar-refractivity contribution in [3.63, 3.8) is 0 Å². The molecule has 0 spiro atoms. The van der Waals surface area contributed by atoms with Crippen molar-refractivity contribution in [2.24, 2.45) is 0 Å². The molecule has 3 rings (SSSR count). The average Bonchev–Trinajstić information content (AvgIpc) is 2.99. The van der Waals surface area contributed by atoms with Crippen LogP contribution in [0.1, 0.15) is 27.8 Å². The Kier molecular flexibility index (Phi) is 4.53. The van der Waals surface area contributed by atoms with Gasteiger partial charge in [-0.25, -0.2) is 4.79 Å². The molecule has 0 radical (unpaired) electrons. The number of fused-ring (bicyclic) bond motifs is 1. The highest BCUT2D eigenvalue weighted by Gasteiger charge is 2.13. The van der Waals surface area contributed by atoms with Crippen molar-refractivity contribution < 1.29 is 18.7 Å². The van der Waals surface area contributed by atoms with Gasteiger partial charge < -0.3 is 14.5 Å². The number of esters is 1. The highest BCUT2D eigenvalue weighted by molar-refractivity contribution is 6.31. The van der Waals surface area contributed by atoms with E-state index in [0.717, 1.165) is 5.39 Å². The summed E-state index contributed by atoms with van der Waals surface area (Å²) in [7, 11) is 0. The highest BCUT2D eigenvalue weighted by Crippen LogP contribution is 2.23. The van der Waals surface area contributed by atoms with Crippen molar-refractivity contribution in [3.05, 3.63) is 64.9 Å². The second-order valence-corrected chi connectivity index (χ2v) is 5.48. The third-order valence-corrected chi connectivity index (χ3v) is 3.59. The first-order chi connectivity index (χ1) is 11.6. The smallest absolute Gasteiger partial charge is 0.338 e. The minimum absolute atomic E-state index is 0.182. The lowest BCUT2D eigenvalue weighted by atomic mass is 10.2. The van der Waals surface area contributed by atoms with Gasteiger partial charge in [0.25, 0.3) is 5.91 Å². The number of halogens is 1. The molecule has 2 aromatic carbocycles. The van der Waals surface area contributed by atoms with E-state index in [1.54, 1.807) is 55.5 Å². The average molecular weight is 344 g/mol. The Bertz CT molecular complexity index is 899. The summed E-state index contributed by atoms with van der Waals surface area (Å²) in [5.74, 6) is -0.600. The first kappa shape index (κ1) is 16.1. The van der Waals surface area contributed by atoms with Crippen molar-refractivity contribution in [2.75, 3.05) is 11.9 Å². The van der Waals surface area contributed by atoms with Gasteiger partial charge in [0, 0.05) is 16.1 Å². The maximum atomic E-state index is 12.3. The molecule has 3 aromatic rings. The molecule has 0 unspecified atom stereocenters. The minimum Gasteiger partial charge on any atom is -0.462 e. The minimum atomic E-state index is -0.399. The molecule has 1 heterocycles. The Morgan fingerprint density at radius 1 is 1.12 bits per heavy atom. The number of carbonyl (C=O) groups is 2. The summed E-state index contributed by atoms with van der Waals surface area (Å²) in [6.45, 7) is 2.06. The van der Waals surface area contributed by atoms with E-state index in [4.69, 9.17) is 20.8 Å². The topological polar surface area (TPSA) is 68.5 Å². The summed E-state index contributed by atoms with van der Waals surface area (Å²) in [5, 5.41) is 4.04. The highest BCUT2D eigenvalue weighted by atomic mass is 35.5. The van der Waals surface area contributed by atoms with Gasteiger partial charge in [-0.3, -0.25) is 4.79 Å². The number of nitrogens with one attached hydrogen (secondary N) is 1. The van der Waals surface area contributed by atoms with Crippen LogP contribution in [0.5, 0.6) is 0 Å². The molecule has 0 saturated carbocycles. The number of amides is 1. The molecule has 0 fully saturated rings. The lowest BCUT2D eigenvalue weighted by Gasteiger charge is -2.05. The first-order valence-corrected chi connectivity index (χ1v) is 7.72. The Hall–Kier alpha value is -2.79. The fourth-order valence-corrected chi connectivity index (χ4v) is 2.40. The zero-order chi connectivity index (χ0) is 17.1. The van der Waals surface area contributed by atoms with Crippen LogP contribution in [-0.4, -0.2) is 18.5 Å². The fraction of sp³-hybridized carbons (Fsp3) is 0.111. The SMILES string of the molecule is CCOC(=O)c1ccc(NC(=O)c2cc3cc(Cl)ccc3o2)cc1. The molecule has 0 saturated heterocycles. The van der Waals surface area contributed by atoms with Gasteiger partial charge in [0.1, 0.15) is 5.58 Å². The summed E-state index contributed by atoms with van der Waals surface area (Å²) >= 11 is 5.92. The molecule has 0 atom stereocenters. The molecule has 1 amide bonds. The Labute approximate surface area is 143 Å². The third kappa shape index (κ3) is 3.41. The summed E-state index contributed by atoms with van der Waals surface area (Å²) in [6, 6.07) is 13.2. The molecular formula is C18H14ClNO4. The maximum Gasteiger partial charge on any atom is 0.338 e. The van der Waals surface area contributed by atoms with Gasteiger partial charge >= 0.3 is 5.97 Å². The number of carbonyl (C=O) groups excluding carboxylic acids is 2. The van der Waals surface area contributed by atoms with E-state index >= 15 is 0 Å². The second kappa shape index (κ2) is 6.76. The van der Waals surface area contributed by atoms with Crippen LogP contribution in [0, 0.1) is 0 Å². The molecular weight excluding hydrogens is 330 g/mol. The number of rotatable bonds is 4. The fourth-order valence-electron chi connectivity index (χ4n) is 2.22. The predicted molar refractivity (Wildman–Crippen MR) is 91.6 cm³/mol. The molecule has 0 bridgehead atoms. The van der Waals surface area contributed by atoms with E-state index in [-0.39, 0.29) is 11.7 Å². The van der Waals surface area contributed by atoms with Gasteiger partial charge in [0.15, 0.2) is 5.76 Å². The lowest BCUT2D eigenvalue weighted by molar-refractivity contribution is 0.0526.